The molecule has 1 fully saturated rings. The summed E-state index contributed by atoms with van der Waals surface area (Å²) in [6.07, 6.45) is 4.45. The van der Waals surface area contributed by atoms with Crippen LogP contribution in [0.1, 0.15) is 24.8 Å². The zero-order chi connectivity index (χ0) is 20.8. The Kier molecular flexibility index (Phi) is 7.05. The summed E-state index contributed by atoms with van der Waals surface area (Å²) >= 11 is 1.57. The fraction of sp³-hybridized carbons (Fsp3) is 0.458. The van der Waals surface area contributed by atoms with Crippen molar-refractivity contribution in [3.8, 4) is 17.2 Å². The summed E-state index contributed by atoms with van der Waals surface area (Å²) in [4.78, 5) is 15.7. The minimum atomic E-state index is 0.225. The Bertz CT molecular complexity index is 847. The number of nitrogens with zero attached hydrogens (tertiary/aromatic N) is 1. The van der Waals surface area contributed by atoms with Gasteiger partial charge in [0.1, 0.15) is 19.0 Å². The number of benzene rings is 2. The Labute approximate surface area is 182 Å². The van der Waals surface area contributed by atoms with E-state index >= 15 is 0 Å². The molecular weight excluding hydrogens is 398 g/mol. The molecule has 0 aromatic heterocycles. The molecule has 0 spiro atoms. The second kappa shape index (κ2) is 10.1. The van der Waals surface area contributed by atoms with Crippen molar-refractivity contribution in [1.82, 2.24) is 4.90 Å². The van der Waals surface area contributed by atoms with Crippen LogP contribution in [0.2, 0.25) is 0 Å². The van der Waals surface area contributed by atoms with Gasteiger partial charge in [-0.25, -0.2) is 0 Å². The van der Waals surface area contributed by atoms with E-state index in [0.717, 1.165) is 54.5 Å². The van der Waals surface area contributed by atoms with Crippen LogP contribution in [-0.2, 0) is 11.2 Å². The van der Waals surface area contributed by atoms with E-state index < -0.39 is 0 Å². The normalized spacial score (nSPS) is 16.4. The monoisotopic (exact) mass is 427 g/mol. The van der Waals surface area contributed by atoms with Crippen LogP contribution in [0.4, 0.5) is 0 Å². The van der Waals surface area contributed by atoms with Gasteiger partial charge in [-0.15, -0.1) is 11.8 Å². The van der Waals surface area contributed by atoms with E-state index in [0.29, 0.717) is 24.9 Å². The van der Waals surface area contributed by atoms with Crippen molar-refractivity contribution in [2.45, 2.75) is 30.6 Å². The molecule has 160 valence electrons. The van der Waals surface area contributed by atoms with Gasteiger partial charge < -0.3 is 19.1 Å². The van der Waals surface area contributed by atoms with Crippen LogP contribution >= 0.6 is 11.8 Å². The van der Waals surface area contributed by atoms with Crippen LogP contribution in [0, 0.1) is 5.92 Å². The number of thioether (sulfide) groups is 1. The van der Waals surface area contributed by atoms with Crippen molar-refractivity contribution < 1.29 is 19.0 Å². The van der Waals surface area contributed by atoms with Gasteiger partial charge in [0, 0.05) is 18.0 Å². The molecule has 30 heavy (non-hydrogen) atoms. The molecule has 4 rings (SSSR count). The largest absolute Gasteiger partial charge is 0.497 e. The SMILES string of the molecule is COc1ccc(CCC2CCN(C(=O)CSc3ccc4c(c3)OCCO4)CC2)cc1. The molecule has 5 nitrogen and oxygen atoms in total. The molecule has 2 aliphatic rings. The van der Waals surface area contributed by atoms with Gasteiger partial charge in [0.05, 0.1) is 12.9 Å². The molecule has 0 atom stereocenters. The Morgan fingerprint density at radius 1 is 1.07 bits per heavy atom. The van der Waals surface area contributed by atoms with Gasteiger partial charge in [0.2, 0.25) is 5.91 Å². The molecule has 2 heterocycles. The number of piperidine rings is 1. The van der Waals surface area contributed by atoms with Gasteiger partial charge in [-0.3, -0.25) is 4.79 Å². The van der Waals surface area contributed by atoms with E-state index in [4.69, 9.17) is 14.2 Å². The average Bonchev–Trinajstić information content (AvgIpc) is 2.81. The van der Waals surface area contributed by atoms with E-state index in [-0.39, 0.29) is 5.91 Å². The summed E-state index contributed by atoms with van der Waals surface area (Å²) in [6.45, 7) is 2.91. The van der Waals surface area contributed by atoms with Gasteiger partial charge in [0.15, 0.2) is 11.5 Å². The first-order valence-electron chi connectivity index (χ1n) is 10.6. The van der Waals surface area contributed by atoms with E-state index in [2.05, 4.69) is 12.1 Å². The predicted octanol–water partition coefficient (Wildman–Crippen LogP) is 4.43. The van der Waals surface area contributed by atoms with Crippen molar-refractivity contribution in [1.29, 1.82) is 0 Å². The van der Waals surface area contributed by atoms with E-state index in [9.17, 15) is 4.79 Å². The Balaban J connectivity index is 1.18. The number of carbonyl (C=O) groups is 1. The van der Waals surface area contributed by atoms with Crippen molar-refractivity contribution in [2.24, 2.45) is 5.92 Å². The van der Waals surface area contributed by atoms with Gasteiger partial charge in [-0.05, 0) is 67.5 Å². The highest BCUT2D eigenvalue weighted by Gasteiger charge is 2.23. The second-order valence-electron chi connectivity index (χ2n) is 7.81. The van der Waals surface area contributed by atoms with E-state index in [1.807, 2.05) is 35.2 Å². The first-order valence-corrected chi connectivity index (χ1v) is 11.6. The third kappa shape index (κ3) is 5.42. The lowest BCUT2D eigenvalue weighted by molar-refractivity contribution is -0.129. The number of carbonyl (C=O) groups excluding carboxylic acids is 1. The van der Waals surface area contributed by atoms with E-state index in [1.165, 1.54) is 12.0 Å². The number of rotatable bonds is 7. The van der Waals surface area contributed by atoms with Crippen LogP contribution in [0.3, 0.4) is 0 Å². The number of ether oxygens (including phenoxy) is 3. The zero-order valence-electron chi connectivity index (χ0n) is 17.5. The van der Waals surface area contributed by atoms with Crippen LogP contribution in [-0.4, -0.2) is 50.0 Å². The summed E-state index contributed by atoms with van der Waals surface area (Å²) in [7, 11) is 1.69. The predicted molar refractivity (Wildman–Crippen MR) is 119 cm³/mol. The Morgan fingerprint density at radius 2 is 1.80 bits per heavy atom. The minimum absolute atomic E-state index is 0.225. The van der Waals surface area contributed by atoms with Gasteiger partial charge in [0.25, 0.3) is 0 Å². The molecule has 0 N–H and O–H groups in total. The number of likely N-dealkylation sites (tertiary alicyclic amines) is 1. The maximum absolute atomic E-state index is 12.6. The third-order valence-electron chi connectivity index (χ3n) is 5.84. The van der Waals surface area contributed by atoms with Crippen LogP contribution in [0.15, 0.2) is 47.4 Å². The van der Waals surface area contributed by atoms with Crippen molar-refractivity contribution >= 4 is 17.7 Å². The maximum atomic E-state index is 12.6. The molecule has 2 aliphatic heterocycles. The number of methoxy groups -OCH3 is 1. The molecular formula is C24H29NO4S. The van der Waals surface area contributed by atoms with Crippen molar-refractivity contribution in [2.75, 3.05) is 39.2 Å². The van der Waals surface area contributed by atoms with Gasteiger partial charge in [-0.1, -0.05) is 12.1 Å². The Morgan fingerprint density at radius 3 is 2.53 bits per heavy atom. The number of amides is 1. The highest BCUT2D eigenvalue weighted by atomic mass is 32.2. The molecule has 1 saturated heterocycles. The number of hydrogen-bond acceptors (Lipinski definition) is 5. The quantitative estimate of drug-likeness (QED) is 0.612. The lowest BCUT2D eigenvalue weighted by Crippen LogP contribution is -2.39. The van der Waals surface area contributed by atoms with Gasteiger partial charge in [-0.2, -0.15) is 0 Å². The first kappa shape index (κ1) is 20.9. The lowest BCUT2D eigenvalue weighted by atomic mass is 9.90. The van der Waals surface area contributed by atoms with Gasteiger partial charge >= 0.3 is 0 Å². The van der Waals surface area contributed by atoms with Crippen molar-refractivity contribution in [3.05, 3.63) is 48.0 Å². The highest BCUT2D eigenvalue weighted by Crippen LogP contribution is 2.34. The molecule has 6 heteroatoms. The molecule has 0 radical (unpaired) electrons. The molecule has 1 amide bonds. The first-order chi connectivity index (χ1) is 14.7. The Hall–Kier alpha value is -2.34. The fourth-order valence-corrected chi connectivity index (χ4v) is 4.81. The molecule has 2 aromatic carbocycles. The molecule has 0 saturated carbocycles. The summed E-state index contributed by atoms with van der Waals surface area (Å²) in [5.41, 5.74) is 1.35. The topological polar surface area (TPSA) is 48.0 Å². The van der Waals surface area contributed by atoms with Crippen LogP contribution in [0.25, 0.3) is 0 Å². The number of hydrogen-bond donors (Lipinski definition) is 0. The van der Waals surface area contributed by atoms with Crippen LogP contribution < -0.4 is 14.2 Å². The zero-order valence-corrected chi connectivity index (χ0v) is 18.3. The second-order valence-corrected chi connectivity index (χ2v) is 8.85. The smallest absolute Gasteiger partial charge is 0.232 e. The third-order valence-corrected chi connectivity index (χ3v) is 6.82. The van der Waals surface area contributed by atoms with E-state index in [1.54, 1.807) is 18.9 Å². The molecule has 0 unspecified atom stereocenters. The molecule has 0 aliphatic carbocycles. The highest BCUT2D eigenvalue weighted by molar-refractivity contribution is 8.00. The minimum Gasteiger partial charge on any atom is -0.497 e. The summed E-state index contributed by atoms with van der Waals surface area (Å²) < 4.78 is 16.4. The summed E-state index contributed by atoms with van der Waals surface area (Å²) in [5.74, 6) is 3.85. The summed E-state index contributed by atoms with van der Waals surface area (Å²) in [5, 5.41) is 0. The standard InChI is InChI=1S/C24H29NO4S/c1-27-20-6-4-18(5-7-20)2-3-19-10-12-25(13-11-19)24(26)17-30-21-8-9-22-23(16-21)29-15-14-28-22/h4-9,16,19H,2-3,10-15,17H2,1H3. The molecule has 0 bridgehead atoms. The average molecular weight is 428 g/mol. The maximum Gasteiger partial charge on any atom is 0.232 e. The number of fused-ring (bicyclic) bond motifs is 1. The van der Waals surface area contributed by atoms with Crippen molar-refractivity contribution in [3.63, 3.8) is 0 Å². The van der Waals surface area contributed by atoms with Crippen LogP contribution in [0.5, 0.6) is 17.2 Å². The number of aryl methyl sites for hydroxylation is 1. The lowest BCUT2D eigenvalue weighted by Gasteiger charge is -2.32. The summed E-state index contributed by atoms with van der Waals surface area (Å²) in [6, 6.07) is 14.2. The fourth-order valence-electron chi connectivity index (χ4n) is 3.98. The molecule has 2 aromatic rings.